The molecule has 20 heavy (non-hydrogen) atoms. The second-order valence-electron chi connectivity index (χ2n) is 4.37. The molecule has 1 amide bonds. The van der Waals surface area contributed by atoms with Crippen LogP contribution in [0.4, 0.5) is 0 Å². The molecule has 0 saturated carbocycles. The monoisotopic (exact) mass is 272 g/mol. The smallest absolute Gasteiger partial charge is 0.263 e. The van der Waals surface area contributed by atoms with E-state index in [4.69, 9.17) is 5.26 Å². The number of pyridine rings is 1. The van der Waals surface area contributed by atoms with Crippen LogP contribution in [0, 0.1) is 11.3 Å². The number of unbranched alkanes of at least 4 members (excludes halogenated alkanes) is 2. The number of carbonyl (C=O) groups excluding carboxylic acids is 1. The van der Waals surface area contributed by atoms with Crippen LogP contribution >= 0.6 is 0 Å². The Kier molecular flexibility index (Phi) is 7.51. The maximum absolute atomic E-state index is 11.8. The van der Waals surface area contributed by atoms with Crippen LogP contribution in [-0.4, -0.2) is 17.4 Å². The van der Waals surface area contributed by atoms with Crippen molar-refractivity contribution in [3.8, 4) is 6.07 Å². The van der Waals surface area contributed by atoms with E-state index in [1.54, 1.807) is 18.5 Å². The number of nitrogens with one attached hydrogen (secondary N) is 2. The van der Waals surface area contributed by atoms with E-state index in [0.717, 1.165) is 31.4 Å². The van der Waals surface area contributed by atoms with Gasteiger partial charge >= 0.3 is 0 Å². The molecule has 5 heteroatoms. The van der Waals surface area contributed by atoms with Crippen molar-refractivity contribution < 1.29 is 4.79 Å². The largest absolute Gasteiger partial charge is 0.390 e. The Hall–Kier alpha value is -2.35. The van der Waals surface area contributed by atoms with Gasteiger partial charge in [-0.05, 0) is 18.1 Å². The van der Waals surface area contributed by atoms with Crippen molar-refractivity contribution in [1.29, 1.82) is 5.26 Å². The fourth-order valence-corrected chi connectivity index (χ4v) is 1.58. The fourth-order valence-electron chi connectivity index (χ4n) is 1.58. The second-order valence-corrected chi connectivity index (χ2v) is 4.37. The van der Waals surface area contributed by atoms with Crippen LogP contribution in [0.25, 0.3) is 0 Å². The molecule has 1 aromatic rings. The minimum Gasteiger partial charge on any atom is -0.390 e. The van der Waals surface area contributed by atoms with Crippen LogP contribution in [0.3, 0.4) is 0 Å². The molecule has 0 unspecified atom stereocenters. The van der Waals surface area contributed by atoms with Crippen LogP contribution in [0.15, 0.2) is 36.3 Å². The fraction of sp³-hybridized carbons (Fsp3) is 0.400. The standard InChI is InChI=1S/C15H20N4O/c1-2-3-4-7-18-12-14(9-16)15(20)19-11-13-6-5-8-17-10-13/h5-6,8,10,12,18H,2-4,7,11H2,1H3,(H,19,20)/b14-12-. The van der Waals surface area contributed by atoms with Gasteiger partial charge in [-0.25, -0.2) is 0 Å². The Morgan fingerprint density at radius 3 is 3.00 bits per heavy atom. The predicted octanol–water partition coefficient (Wildman–Crippen LogP) is 1.89. The average Bonchev–Trinajstić information content (AvgIpc) is 2.49. The van der Waals surface area contributed by atoms with E-state index in [1.165, 1.54) is 6.20 Å². The van der Waals surface area contributed by atoms with Gasteiger partial charge in [-0.3, -0.25) is 9.78 Å². The lowest BCUT2D eigenvalue weighted by atomic mass is 10.2. The summed E-state index contributed by atoms with van der Waals surface area (Å²) in [6, 6.07) is 5.57. The van der Waals surface area contributed by atoms with Crippen molar-refractivity contribution in [1.82, 2.24) is 15.6 Å². The summed E-state index contributed by atoms with van der Waals surface area (Å²) in [5.41, 5.74) is 0.986. The van der Waals surface area contributed by atoms with E-state index < -0.39 is 0 Å². The molecule has 1 rings (SSSR count). The maximum Gasteiger partial charge on any atom is 0.263 e. The number of aromatic nitrogens is 1. The van der Waals surface area contributed by atoms with Crippen molar-refractivity contribution >= 4 is 5.91 Å². The highest BCUT2D eigenvalue weighted by Gasteiger charge is 2.07. The highest BCUT2D eigenvalue weighted by molar-refractivity contribution is 5.97. The van der Waals surface area contributed by atoms with Crippen LogP contribution in [-0.2, 0) is 11.3 Å². The molecule has 5 nitrogen and oxygen atoms in total. The first-order valence-corrected chi connectivity index (χ1v) is 6.78. The Morgan fingerprint density at radius 1 is 1.50 bits per heavy atom. The molecule has 0 aliphatic rings. The van der Waals surface area contributed by atoms with E-state index in [-0.39, 0.29) is 11.5 Å². The van der Waals surface area contributed by atoms with Gasteiger partial charge in [-0.1, -0.05) is 25.8 Å². The molecule has 0 bridgehead atoms. The first-order valence-electron chi connectivity index (χ1n) is 6.78. The molecule has 0 atom stereocenters. The molecule has 0 saturated heterocycles. The Bertz CT molecular complexity index is 476. The Balaban J connectivity index is 2.39. The van der Waals surface area contributed by atoms with Gasteiger partial charge < -0.3 is 10.6 Å². The number of rotatable bonds is 8. The number of nitriles is 1. The van der Waals surface area contributed by atoms with E-state index in [1.807, 2.05) is 12.1 Å². The van der Waals surface area contributed by atoms with E-state index in [0.29, 0.717) is 6.54 Å². The van der Waals surface area contributed by atoms with Gasteiger partial charge in [0.05, 0.1) is 0 Å². The molecular formula is C15H20N4O. The third-order valence-electron chi connectivity index (χ3n) is 2.71. The average molecular weight is 272 g/mol. The quantitative estimate of drug-likeness (QED) is 0.430. The Morgan fingerprint density at radius 2 is 2.35 bits per heavy atom. The number of amides is 1. The third-order valence-corrected chi connectivity index (χ3v) is 2.71. The molecule has 1 aromatic heterocycles. The zero-order chi connectivity index (χ0) is 14.6. The molecule has 0 fully saturated rings. The SMILES string of the molecule is CCCCCN/C=C(/C#N)C(=O)NCc1cccnc1. The van der Waals surface area contributed by atoms with Crippen LogP contribution in [0.5, 0.6) is 0 Å². The lowest BCUT2D eigenvalue weighted by molar-refractivity contribution is -0.117. The molecule has 2 N–H and O–H groups in total. The molecule has 0 aliphatic heterocycles. The number of hydrogen-bond acceptors (Lipinski definition) is 4. The molecule has 1 heterocycles. The Labute approximate surface area is 119 Å². The van der Waals surface area contributed by atoms with Gasteiger partial charge in [0.15, 0.2) is 0 Å². The molecule has 0 aliphatic carbocycles. The van der Waals surface area contributed by atoms with E-state index >= 15 is 0 Å². The van der Waals surface area contributed by atoms with Crippen molar-refractivity contribution in [2.75, 3.05) is 6.54 Å². The minimum atomic E-state index is -0.376. The number of hydrogen-bond donors (Lipinski definition) is 2. The first kappa shape index (κ1) is 15.7. The molecule has 106 valence electrons. The van der Waals surface area contributed by atoms with Gasteiger partial charge in [-0.2, -0.15) is 5.26 Å². The summed E-state index contributed by atoms with van der Waals surface area (Å²) in [6.07, 6.45) is 8.14. The molecule has 0 aromatic carbocycles. The lowest BCUT2D eigenvalue weighted by Gasteiger charge is -2.05. The summed E-state index contributed by atoms with van der Waals surface area (Å²) in [5.74, 6) is -0.376. The second kappa shape index (κ2) is 9.56. The van der Waals surface area contributed by atoms with Crippen LogP contribution in [0.1, 0.15) is 31.7 Å². The highest BCUT2D eigenvalue weighted by atomic mass is 16.1. The van der Waals surface area contributed by atoms with Gasteiger partial charge in [0.1, 0.15) is 11.6 Å². The van der Waals surface area contributed by atoms with E-state index in [2.05, 4.69) is 22.5 Å². The summed E-state index contributed by atoms with van der Waals surface area (Å²) >= 11 is 0. The number of carbonyl (C=O) groups is 1. The summed E-state index contributed by atoms with van der Waals surface area (Å²) < 4.78 is 0. The van der Waals surface area contributed by atoms with Crippen molar-refractivity contribution in [2.45, 2.75) is 32.7 Å². The summed E-state index contributed by atoms with van der Waals surface area (Å²) in [4.78, 5) is 15.8. The van der Waals surface area contributed by atoms with Crippen LogP contribution in [0.2, 0.25) is 0 Å². The van der Waals surface area contributed by atoms with Crippen molar-refractivity contribution in [2.24, 2.45) is 0 Å². The number of nitrogens with zero attached hydrogens (tertiary/aromatic N) is 2. The summed E-state index contributed by atoms with van der Waals surface area (Å²) in [5, 5.41) is 14.6. The summed E-state index contributed by atoms with van der Waals surface area (Å²) in [7, 11) is 0. The van der Waals surface area contributed by atoms with Gasteiger partial charge in [-0.15, -0.1) is 0 Å². The topological polar surface area (TPSA) is 77.8 Å². The highest BCUT2D eigenvalue weighted by Crippen LogP contribution is 1.97. The lowest BCUT2D eigenvalue weighted by Crippen LogP contribution is -2.25. The van der Waals surface area contributed by atoms with Gasteiger partial charge in [0.2, 0.25) is 0 Å². The van der Waals surface area contributed by atoms with Crippen LogP contribution < -0.4 is 10.6 Å². The third kappa shape index (κ3) is 6.01. The minimum absolute atomic E-state index is 0.0883. The van der Waals surface area contributed by atoms with Crippen molar-refractivity contribution in [3.05, 3.63) is 41.9 Å². The van der Waals surface area contributed by atoms with Gasteiger partial charge in [0, 0.05) is 31.7 Å². The molecule has 0 spiro atoms. The predicted molar refractivity (Wildman–Crippen MR) is 77.3 cm³/mol. The first-order chi connectivity index (χ1) is 9.77. The molecular weight excluding hydrogens is 252 g/mol. The maximum atomic E-state index is 11.8. The van der Waals surface area contributed by atoms with E-state index in [9.17, 15) is 4.79 Å². The normalized spacial score (nSPS) is 10.7. The summed E-state index contributed by atoms with van der Waals surface area (Å²) in [6.45, 7) is 3.26. The van der Waals surface area contributed by atoms with Crippen molar-refractivity contribution in [3.63, 3.8) is 0 Å². The zero-order valence-electron chi connectivity index (χ0n) is 11.7. The molecule has 0 radical (unpaired) electrons. The zero-order valence-corrected chi connectivity index (χ0v) is 11.7. The van der Waals surface area contributed by atoms with Gasteiger partial charge in [0.25, 0.3) is 5.91 Å².